The van der Waals surface area contributed by atoms with E-state index in [-0.39, 0.29) is 37.2 Å². The van der Waals surface area contributed by atoms with Crippen LogP contribution in [0.25, 0.3) is 0 Å². The fourth-order valence-corrected chi connectivity index (χ4v) is 5.27. The van der Waals surface area contributed by atoms with Crippen molar-refractivity contribution >= 4 is 17.5 Å². The predicted octanol–water partition coefficient (Wildman–Crippen LogP) is 3.58. The number of unbranched alkanes of at least 4 members (excludes halogenated alkanes) is 3. The van der Waals surface area contributed by atoms with Crippen molar-refractivity contribution in [3.8, 4) is 0 Å². The molecule has 2 aromatic carbocycles. The van der Waals surface area contributed by atoms with Crippen LogP contribution in [0.1, 0.15) is 80.5 Å². The van der Waals surface area contributed by atoms with Gasteiger partial charge in [-0.15, -0.1) is 0 Å². The highest BCUT2D eigenvalue weighted by Gasteiger charge is 2.34. The zero-order chi connectivity index (χ0) is 28.3. The highest BCUT2D eigenvalue weighted by atomic mass is 16.7. The summed E-state index contributed by atoms with van der Waals surface area (Å²) in [5.41, 5.74) is 4.95. The summed E-state index contributed by atoms with van der Waals surface area (Å²) >= 11 is 0. The molecule has 218 valence electrons. The number of carbonyl (C=O) groups excluding carboxylic acids is 2. The molecule has 4 rings (SSSR count). The van der Waals surface area contributed by atoms with E-state index < -0.39 is 12.2 Å². The van der Waals surface area contributed by atoms with Crippen LogP contribution < -0.4 is 10.8 Å². The number of aliphatic hydroxyl groups is 2. The third-order valence-corrected chi connectivity index (χ3v) is 7.45. The predicted molar refractivity (Wildman–Crippen MR) is 148 cm³/mol. The molecule has 2 aliphatic heterocycles. The number of hydrogen-bond acceptors (Lipinski definition) is 8. The lowest BCUT2D eigenvalue weighted by atomic mass is 9.99. The summed E-state index contributed by atoms with van der Waals surface area (Å²) < 4.78 is 12.8. The third-order valence-electron chi connectivity index (χ3n) is 7.45. The average Bonchev–Trinajstić information content (AvgIpc) is 3.38. The minimum Gasteiger partial charge on any atom is -0.392 e. The van der Waals surface area contributed by atoms with Crippen LogP contribution in [0, 0.1) is 0 Å². The summed E-state index contributed by atoms with van der Waals surface area (Å²) in [6.07, 6.45) is 3.88. The molecule has 0 bridgehead atoms. The van der Waals surface area contributed by atoms with Gasteiger partial charge in [0, 0.05) is 50.1 Å². The Morgan fingerprint density at radius 2 is 1.70 bits per heavy atom. The highest BCUT2D eigenvalue weighted by Crippen LogP contribution is 2.39. The number of hydroxylamine groups is 1. The molecule has 10 nitrogen and oxygen atoms in total. The van der Waals surface area contributed by atoms with Gasteiger partial charge in [-0.1, -0.05) is 49.2 Å². The van der Waals surface area contributed by atoms with Crippen molar-refractivity contribution in [3.05, 3.63) is 65.2 Å². The molecule has 0 radical (unpaired) electrons. The molecule has 5 N–H and O–H groups in total. The van der Waals surface area contributed by atoms with Crippen molar-refractivity contribution in [1.82, 2.24) is 10.4 Å². The zero-order valence-electron chi connectivity index (χ0n) is 22.8. The van der Waals surface area contributed by atoms with Crippen molar-refractivity contribution in [3.63, 3.8) is 0 Å². The van der Waals surface area contributed by atoms with E-state index in [0.717, 1.165) is 42.5 Å². The molecule has 2 heterocycles. The molecule has 2 amide bonds. The standard InChI is InChI=1S/C30H41N3O7/c34-20-21-10-12-22(13-11-21)27-17-26(19-33-15-14-25(35)18-33)39-30(40-27)23-6-5-7-24(16-23)31-28(36)8-3-1-2-4-9-29(37)32-38/h5-7,10-13,16,25-27,30,34-35,38H,1-4,8-9,14-15,17-20H2,(H,31,36)(H,32,37)/t25-,26-,27+,30+/m0/s1. The Morgan fingerprint density at radius 1 is 0.950 bits per heavy atom. The first-order chi connectivity index (χ1) is 19.4. The van der Waals surface area contributed by atoms with Gasteiger partial charge in [-0.25, -0.2) is 5.48 Å². The molecule has 0 unspecified atom stereocenters. The van der Waals surface area contributed by atoms with E-state index in [9.17, 15) is 19.8 Å². The summed E-state index contributed by atoms with van der Waals surface area (Å²) in [5.74, 6) is -0.473. The number of ether oxygens (including phenoxy) is 2. The second kappa shape index (κ2) is 15.2. The van der Waals surface area contributed by atoms with Gasteiger partial charge in [0.1, 0.15) is 0 Å². The molecule has 10 heteroatoms. The lowest BCUT2D eigenvalue weighted by molar-refractivity contribution is -0.252. The fraction of sp³-hybridized carbons (Fsp3) is 0.533. The topological polar surface area (TPSA) is 141 Å². The lowest BCUT2D eigenvalue weighted by Gasteiger charge is -2.38. The molecule has 2 aliphatic rings. The number of amides is 2. The molecule has 0 aliphatic carbocycles. The van der Waals surface area contributed by atoms with Gasteiger partial charge in [-0.05, 0) is 42.5 Å². The maximum Gasteiger partial charge on any atom is 0.243 e. The Kier molecular flexibility index (Phi) is 11.5. The Hall–Kier alpha value is -2.86. The Labute approximate surface area is 235 Å². The highest BCUT2D eigenvalue weighted by molar-refractivity contribution is 5.90. The molecule has 2 fully saturated rings. The number of carbonyl (C=O) groups is 2. The number of anilines is 1. The molecule has 40 heavy (non-hydrogen) atoms. The number of rotatable bonds is 13. The number of likely N-dealkylation sites (tertiary alicyclic amines) is 1. The van der Waals surface area contributed by atoms with Crippen LogP contribution in [-0.4, -0.2) is 64.0 Å². The van der Waals surface area contributed by atoms with E-state index in [2.05, 4.69) is 10.2 Å². The van der Waals surface area contributed by atoms with E-state index >= 15 is 0 Å². The van der Waals surface area contributed by atoms with Crippen LogP contribution in [-0.2, 0) is 25.7 Å². The first-order valence-corrected chi connectivity index (χ1v) is 14.2. The monoisotopic (exact) mass is 555 g/mol. The summed E-state index contributed by atoms with van der Waals surface area (Å²) in [4.78, 5) is 25.8. The molecule has 0 saturated carbocycles. The average molecular weight is 556 g/mol. The van der Waals surface area contributed by atoms with Crippen LogP contribution in [0.3, 0.4) is 0 Å². The summed E-state index contributed by atoms with van der Waals surface area (Å²) in [7, 11) is 0. The Bertz CT molecular complexity index is 1100. The van der Waals surface area contributed by atoms with Gasteiger partial charge in [0.25, 0.3) is 0 Å². The van der Waals surface area contributed by atoms with Gasteiger partial charge in [0.2, 0.25) is 11.8 Å². The molecular formula is C30H41N3O7. The van der Waals surface area contributed by atoms with Gasteiger partial charge < -0.3 is 25.0 Å². The largest absolute Gasteiger partial charge is 0.392 e. The maximum absolute atomic E-state index is 12.5. The molecule has 4 atom stereocenters. The van der Waals surface area contributed by atoms with Gasteiger partial charge in [0.15, 0.2) is 6.29 Å². The second-order valence-electron chi connectivity index (χ2n) is 10.7. The van der Waals surface area contributed by atoms with E-state index in [1.807, 2.05) is 48.5 Å². The summed E-state index contributed by atoms with van der Waals surface area (Å²) in [6.45, 7) is 2.16. The first-order valence-electron chi connectivity index (χ1n) is 14.2. The van der Waals surface area contributed by atoms with Crippen molar-refractivity contribution in [1.29, 1.82) is 0 Å². The van der Waals surface area contributed by atoms with Crippen LogP contribution in [0.5, 0.6) is 0 Å². The molecule has 0 aromatic heterocycles. The normalized spacial score (nSPS) is 23.2. The lowest BCUT2D eigenvalue weighted by Crippen LogP contribution is -2.38. The second-order valence-corrected chi connectivity index (χ2v) is 10.7. The van der Waals surface area contributed by atoms with Crippen LogP contribution in [0.15, 0.2) is 48.5 Å². The van der Waals surface area contributed by atoms with E-state index in [4.69, 9.17) is 14.7 Å². The van der Waals surface area contributed by atoms with Gasteiger partial charge in [-0.3, -0.25) is 19.7 Å². The van der Waals surface area contributed by atoms with E-state index in [1.165, 1.54) is 0 Å². The van der Waals surface area contributed by atoms with E-state index in [0.29, 0.717) is 44.5 Å². The minimum absolute atomic E-state index is 0.0146. The van der Waals surface area contributed by atoms with Gasteiger partial charge >= 0.3 is 0 Å². The van der Waals surface area contributed by atoms with Crippen LogP contribution in [0.4, 0.5) is 5.69 Å². The number of hydrogen-bond donors (Lipinski definition) is 5. The van der Waals surface area contributed by atoms with Gasteiger partial charge in [0.05, 0.1) is 24.9 Å². The van der Waals surface area contributed by atoms with E-state index in [1.54, 1.807) is 5.48 Å². The fourth-order valence-electron chi connectivity index (χ4n) is 5.27. The molecule has 0 spiro atoms. The maximum atomic E-state index is 12.5. The summed E-state index contributed by atoms with van der Waals surface area (Å²) in [5, 5.41) is 30.9. The van der Waals surface area contributed by atoms with Crippen molar-refractivity contribution in [2.24, 2.45) is 0 Å². The molecule has 2 aromatic rings. The van der Waals surface area contributed by atoms with Crippen molar-refractivity contribution < 1.29 is 34.5 Å². The third kappa shape index (κ3) is 9.09. The quantitative estimate of drug-likeness (QED) is 0.144. The van der Waals surface area contributed by atoms with Crippen molar-refractivity contribution in [2.75, 3.05) is 25.0 Å². The SMILES string of the molecule is O=C(CCCCCCC(=O)Nc1cccc([C@@H]2O[C@H](CN3CC[C@H](O)C3)C[C@H](c3ccc(CO)cc3)O2)c1)NO. The Balaban J connectivity index is 1.36. The van der Waals surface area contributed by atoms with Crippen molar-refractivity contribution in [2.45, 2.75) is 82.6 Å². The zero-order valence-corrected chi connectivity index (χ0v) is 22.8. The number of benzene rings is 2. The number of β-amino-alcohol motifs (C(OH)–C–C–N with tert-alkyl or cyclic N) is 1. The Morgan fingerprint density at radius 3 is 2.38 bits per heavy atom. The number of nitrogens with one attached hydrogen (secondary N) is 2. The van der Waals surface area contributed by atoms with Gasteiger partial charge in [-0.2, -0.15) is 0 Å². The number of nitrogens with zero attached hydrogens (tertiary/aromatic N) is 1. The smallest absolute Gasteiger partial charge is 0.243 e. The molecule has 2 saturated heterocycles. The summed E-state index contributed by atoms with van der Waals surface area (Å²) in [6, 6.07) is 15.3. The van der Waals surface area contributed by atoms with Crippen LogP contribution in [0.2, 0.25) is 0 Å². The molecular weight excluding hydrogens is 514 g/mol. The van der Waals surface area contributed by atoms with Crippen LogP contribution >= 0.6 is 0 Å². The first kappa shape index (κ1) is 30.1. The number of aliphatic hydroxyl groups excluding tert-OH is 2. The minimum atomic E-state index is -0.623.